The minimum absolute atomic E-state index is 0.249. The van der Waals surface area contributed by atoms with Gasteiger partial charge in [-0.15, -0.1) is 0 Å². The molecule has 0 spiro atoms. The molecule has 6 nitrogen and oxygen atoms in total. The van der Waals surface area contributed by atoms with Crippen molar-refractivity contribution in [1.29, 1.82) is 0 Å². The molecule has 128 valence electrons. The first kappa shape index (κ1) is 15.8. The molecule has 0 saturated heterocycles. The minimum Gasteiger partial charge on any atom is -0.465 e. The molecule has 0 bridgehead atoms. The Morgan fingerprint density at radius 3 is 2.92 bits per heavy atom. The molecule has 0 atom stereocenters. The van der Waals surface area contributed by atoms with E-state index in [2.05, 4.69) is 15.3 Å². The number of hydrogen-bond donors (Lipinski definition) is 1. The Bertz CT molecular complexity index is 1060. The SMILES string of the molecule is Cc1ccc(-c2nc3ncccc3o2)cc1NC(=O)/C=C/c1ccco1. The van der Waals surface area contributed by atoms with Crippen molar-refractivity contribution in [1.82, 2.24) is 9.97 Å². The van der Waals surface area contributed by atoms with Crippen molar-refractivity contribution in [2.45, 2.75) is 6.92 Å². The maximum absolute atomic E-state index is 12.2. The number of nitrogens with zero attached hydrogens (tertiary/aromatic N) is 2. The van der Waals surface area contributed by atoms with Gasteiger partial charge in [0.25, 0.3) is 0 Å². The van der Waals surface area contributed by atoms with Crippen molar-refractivity contribution in [2.75, 3.05) is 5.32 Å². The van der Waals surface area contributed by atoms with E-state index < -0.39 is 0 Å². The van der Waals surface area contributed by atoms with E-state index in [-0.39, 0.29) is 5.91 Å². The van der Waals surface area contributed by atoms with Gasteiger partial charge >= 0.3 is 0 Å². The third-order valence-corrected chi connectivity index (χ3v) is 3.85. The topological polar surface area (TPSA) is 81.2 Å². The molecule has 3 heterocycles. The summed E-state index contributed by atoms with van der Waals surface area (Å²) in [7, 11) is 0. The van der Waals surface area contributed by atoms with Crippen molar-refractivity contribution < 1.29 is 13.6 Å². The number of aryl methyl sites for hydroxylation is 1. The number of rotatable bonds is 4. The third kappa shape index (κ3) is 3.25. The van der Waals surface area contributed by atoms with Crippen LogP contribution in [0.4, 0.5) is 5.69 Å². The number of benzene rings is 1. The number of pyridine rings is 1. The predicted molar refractivity (Wildman–Crippen MR) is 98.3 cm³/mol. The quantitative estimate of drug-likeness (QED) is 0.553. The van der Waals surface area contributed by atoms with Gasteiger partial charge in [-0.3, -0.25) is 4.79 Å². The fourth-order valence-electron chi connectivity index (χ4n) is 2.50. The summed E-state index contributed by atoms with van der Waals surface area (Å²) >= 11 is 0. The summed E-state index contributed by atoms with van der Waals surface area (Å²) < 4.78 is 10.9. The molecule has 0 unspecified atom stereocenters. The van der Waals surface area contributed by atoms with Crippen LogP contribution in [-0.2, 0) is 4.79 Å². The molecule has 1 amide bonds. The Morgan fingerprint density at radius 1 is 1.19 bits per heavy atom. The lowest BCUT2D eigenvalue weighted by Gasteiger charge is -2.07. The average Bonchev–Trinajstić information content (AvgIpc) is 3.31. The molecule has 3 aromatic heterocycles. The van der Waals surface area contributed by atoms with E-state index in [9.17, 15) is 4.79 Å². The summed E-state index contributed by atoms with van der Waals surface area (Å²) in [6.07, 6.45) is 6.26. The van der Waals surface area contributed by atoms with Crippen molar-refractivity contribution in [3.8, 4) is 11.5 Å². The minimum atomic E-state index is -0.249. The summed E-state index contributed by atoms with van der Waals surface area (Å²) in [6, 6.07) is 12.8. The lowest BCUT2D eigenvalue weighted by molar-refractivity contribution is -0.111. The van der Waals surface area contributed by atoms with E-state index in [0.717, 1.165) is 11.1 Å². The summed E-state index contributed by atoms with van der Waals surface area (Å²) in [5.74, 6) is 0.825. The van der Waals surface area contributed by atoms with Gasteiger partial charge in [0, 0.05) is 23.5 Å². The van der Waals surface area contributed by atoms with Gasteiger partial charge in [-0.05, 0) is 55.0 Å². The number of carbonyl (C=O) groups is 1. The second-order valence-corrected chi connectivity index (χ2v) is 5.71. The largest absolute Gasteiger partial charge is 0.465 e. The predicted octanol–water partition coefficient (Wildman–Crippen LogP) is 4.44. The normalized spacial score (nSPS) is 11.3. The number of hydrogen-bond acceptors (Lipinski definition) is 5. The van der Waals surface area contributed by atoms with Crippen molar-refractivity contribution in [3.63, 3.8) is 0 Å². The maximum atomic E-state index is 12.2. The van der Waals surface area contributed by atoms with E-state index in [4.69, 9.17) is 8.83 Å². The first-order valence-corrected chi connectivity index (χ1v) is 8.04. The number of fused-ring (bicyclic) bond motifs is 1. The van der Waals surface area contributed by atoms with Gasteiger partial charge in [0.05, 0.1) is 6.26 Å². The number of anilines is 1. The highest BCUT2D eigenvalue weighted by Crippen LogP contribution is 2.27. The molecule has 6 heteroatoms. The van der Waals surface area contributed by atoms with Crippen LogP contribution in [0.5, 0.6) is 0 Å². The molecule has 4 aromatic rings. The fourth-order valence-corrected chi connectivity index (χ4v) is 2.50. The van der Waals surface area contributed by atoms with E-state index in [1.165, 1.54) is 6.08 Å². The lowest BCUT2D eigenvalue weighted by Crippen LogP contribution is -2.09. The van der Waals surface area contributed by atoms with Crippen LogP contribution in [-0.4, -0.2) is 15.9 Å². The van der Waals surface area contributed by atoms with Crippen LogP contribution in [0.25, 0.3) is 28.8 Å². The number of oxazole rings is 1. The van der Waals surface area contributed by atoms with E-state index >= 15 is 0 Å². The van der Waals surface area contributed by atoms with Crippen LogP contribution in [0.3, 0.4) is 0 Å². The Balaban J connectivity index is 1.58. The number of aromatic nitrogens is 2. The van der Waals surface area contributed by atoms with E-state index in [0.29, 0.717) is 28.6 Å². The Morgan fingerprint density at radius 2 is 2.12 bits per heavy atom. The summed E-state index contributed by atoms with van der Waals surface area (Å²) in [5.41, 5.74) is 3.55. The van der Waals surface area contributed by atoms with Gasteiger partial charge in [0.1, 0.15) is 5.76 Å². The van der Waals surface area contributed by atoms with Crippen molar-refractivity contribution in [3.05, 3.63) is 72.3 Å². The van der Waals surface area contributed by atoms with Crippen molar-refractivity contribution in [2.24, 2.45) is 0 Å². The standard InChI is InChI=1S/C20H15N3O3/c1-13-6-7-14(20-23-19-17(26-20)5-2-10-21-19)12-16(13)22-18(24)9-8-15-4-3-11-25-15/h2-12H,1H3,(H,22,24)/b9-8+. The molecule has 1 N–H and O–H groups in total. The summed E-state index contributed by atoms with van der Waals surface area (Å²) in [4.78, 5) is 20.7. The monoisotopic (exact) mass is 345 g/mol. The second kappa shape index (κ2) is 6.68. The Labute approximate surface area is 149 Å². The first-order valence-electron chi connectivity index (χ1n) is 8.04. The zero-order valence-electron chi connectivity index (χ0n) is 14.0. The molecule has 0 fully saturated rings. The van der Waals surface area contributed by atoms with Gasteiger partial charge < -0.3 is 14.2 Å². The number of furan rings is 1. The van der Waals surface area contributed by atoms with Gasteiger partial charge in [-0.25, -0.2) is 4.98 Å². The molecule has 0 aliphatic heterocycles. The smallest absolute Gasteiger partial charge is 0.248 e. The number of carbonyl (C=O) groups excluding carboxylic acids is 1. The van der Waals surface area contributed by atoms with E-state index in [1.807, 2.05) is 31.2 Å². The van der Waals surface area contributed by atoms with Crippen LogP contribution in [0.15, 0.2) is 69.8 Å². The number of nitrogens with one attached hydrogen (secondary N) is 1. The Hall–Kier alpha value is -3.67. The Kier molecular flexibility index (Phi) is 4.07. The molecule has 1 aromatic carbocycles. The average molecular weight is 345 g/mol. The lowest BCUT2D eigenvalue weighted by atomic mass is 10.1. The molecule has 0 saturated carbocycles. The van der Waals surface area contributed by atoms with Crippen LogP contribution in [0, 0.1) is 6.92 Å². The molecule has 0 aliphatic carbocycles. The highest BCUT2D eigenvalue weighted by atomic mass is 16.3. The van der Waals surface area contributed by atoms with Gasteiger partial charge in [0.15, 0.2) is 11.2 Å². The highest BCUT2D eigenvalue weighted by molar-refractivity contribution is 6.02. The van der Waals surface area contributed by atoms with Crippen LogP contribution >= 0.6 is 0 Å². The summed E-state index contributed by atoms with van der Waals surface area (Å²) in [5, 5.41) is 2.86. The fraction of sp³-hybridized carbons (Fsp3) is 0.0500. The molecule has 0 aliphatic rings. The van der Waals surface area contributed by atoms with Gasteiger partial charge in [-0.2, -0.15) is 4.98 Å². The summed E-state index contributed by atoms with van der Waals surface area (Å²) in [6.45, 7) is 1.92. The van der Waals surface area contributed by atoms with Gasteiger partial charge in [0.2, 0.25) is 11.8 Å². The first-order chi connectivity index (χ1) is 12.7. The van der Waals surface area contributed by atoms with Gasteiger partial charge in [-0.1, -0.05) is 6.07 Å². The molecule has 4 rings (SSSR count). The zero-order chi connectivity index (χ0) is 17.9. The number of amides is 1. The van der Waals surface area contributed by atoms with E-state index in [1.54, 1.807) is 36.7 Å². The van der Waals surface area contributed by atoms with Crippen LogP contribution < -0.4 is 5.32 Å². The second-order valence-electron chi connectivity index (χ2n) is 5.71. The maximum Gasteiger partial charge on any atom is 0.248 e. The molecule has 26 heavy (non-hydrogen) atoms. The van der Waals surface area contributed by atoms with Crippen molar-refractivity contribution >= 4 is 28.9 Å². The van der Waals surface area contributed by atoms with Crippen LogP contribution in [0.1, 0.15) is 11.3 Å². The highest BCUT2D eigenvalue weighted by Gasteiger charge is 2.11. The third-order valence-electron chi connectivity index (χ3n) is 3.85. The molecule has 0 radical (unpaired) electrons. The molecular formula is C20H15N3O3. The zero-order valence-corrected chi connectivity index (χ0v) is 14.0. The van der Waals surface area contributed by atoms with Crippen LogP contribution in [0.2, 0.25) is 0 Å². The molecular weight excluding hydrogens is 330 g/mol.